The van der Waals surface area contributed by atoms with E-state index in [9.17, 15) is 0 Å². The van der Waals surface area contributed by atoms with E-state index in [1.165, 1.54) is 18.0 Å². The Hall–Kier alpha value is -2.29. The van der Waals surface area contributed by atoms with Crippen molar-refractivity contribution >= 4 is 40.6 Å². The highest BCUT2D eigenvalue weighted by atomic mass is 32.2. The molecule has 0 unspecified atom stereocenters. The van der Waals surface area contributed by atoms with Gasteiger partial charge in [-0.1, -0.05) is 0 Å². The third-order valence-corrected chi connectivity index (χ3v) is 3.04. The van der Waals surface area contributed by atoms with Gasteiger partial charge in [0.2, 0.25) is 5.95 Å². The highest BCUT2D eigenvalue weighted by Crippen LogP contribution is 2.22. The predicted octanol–water partition coefficient (Wildman–Crippen LogP) is 1.41. The van der Waals surface area contributed by atoms with Crippen molar-refractivity contribution in [3.05, 3.63) is 17.5 Å². The van der Waals surface area contributed by atoms with Gasteiger partial charge in [-0.2, -0.15) is 9.97 Å². The number of allylic oxidation sites excluding steroid dienone is 1. The van der Waals surface area contributed by atoms with Crippen molar-refractivity contribution < 1.29 is 0 Å². The Balaban J connectivity index is 3.04. The minimum atomic E-state index is -0.230. The van der Waals surface area contributed by atoms with Crippen LogP contribution in [0.25, 0.3) is 0 Å². The van der Waals surface area contributed by atoms with Crippen molar-refractivity contribution in [3.8, 4) is 0 Å². The fourth-order valence-corrected chi connectivity index (χ4v) is 1.81. The van der Waals surface area contributed by atoms with Crippen LogP contribution in [0, 0.1) is 5.41 Å². The number of anilines is 3. The number of aromatic nitrogens is 2. The van der Waals surface area contributed by atoms with E-state index < -0.39 is 0 Å². The zero-order chi connectivity index (χ0) is 16.9. The number of nitrogens with one attached hydrogen (secondary N) is 2. The first-order chi connectivity index (χ1) is 10.2. The highest BCUT2D eigenvalue weighted by Gasteiger charge is 2.14. The van der Waals surface area contributed by atoms with Crippen LogP contribution in [0.15, 0.2) is 16.9 Å². The van der Waals surface area contributed by atoms with E-state index in [2.05, 4.69) is 20.3 Å². The third-order valence-electron chi connectivity index (χ3n) is 2.42. The number of hydrogen-bond donors (Lipinski definition) is 5. The van der Waals surface area contributed by atoms with Gasteiger partial charge < -0.3 is 22.5 Å². The molecule has 0 radical (unpaired) electrons. The number of thioether (sulfide) groups is 1. The van der Waals surface area contributed by atoms with Gasteiger partial charge in [0.1, 0.15) is 16.7 Å². The fourth-order valence-electron chi connectivity index (χ4n) is 1.40. The van der Waals surface area contributed by atoms with Crippen LogP contribution in [-0.2, 0) is 0 Å². The summed E-state index contributed by atoms with van der Waals surface area (Å²) in [6.45, 7) is 5.90. The lowest BCUT2D eigenvalue weighted by Crippen LogP contribution is -2.15. The quantitative estimate of drug-likeness (QED) is 0.415. The van der Waals surface area contributed by atoms with Crippen LogP contribution in [0.1, 0.15) is 26.3 Å². The largest absolute Gasteiger partial charge is 0.403 e. The third kappa shape index (κ3) is 4.92. The van der Waals surface area contributed by atoms with Crippen molar-refractivity contribution in [2.24, 2.45) is 10.7 Å². The summed E-state index contributed by atoms with van der Waals surface area (Å²) in [6, 6.07) is 0. The molecule has 1 heterocycles. The molecule has 0 aliphatic rings. The van der Waals surface area contributed by atoms with Crippen molar-refractivity contribution in [2.45, 2.75) is 26.3 Å². The van der Waals surface area contributed by atoms with Crippen molar-refractivity contribution in [1.29, 1.82) is 5.41 Å². The molecule has 0 aromatic carbocycles. The zero-order valence-electron chi connectivity index (χ0n) is 13.1. The van der Waals surface area contributed by atoms with E-state index in [1.807, 2.05) is 20.8 Å². The van der Waals surface area contributed by atoms with Gasteiger partial charge in [-0.3, -0.25) is 10.4 Å². The summed E-state index contributed by atoms with van der Waals surface area (Å²) >= 11 is 1.21. The van der Waals surface area contributed by atoms with Gasteiger partial charge in [-0.05, 0) is 27.0 Å². The standard InChI is InChI=1S/C13H22N8S/c1-13(2,3)18-6-7(5-14)19-12-20-9(15)8(10(16)21-12)11(17)22-4/h5-6,17H,14H2,1-4H3,(H5,15,16,19,20,21). The Bertz CT molecular complexity index is 592. The Morgan fingerprint density at radius 1 is 1.27 bits per heavy atom. The number of rotatable bonds is 4. The first-order valence-electron chi connectivity index (χ1n) is 6.48. The molecule has 0 saturated heterocycles. The first-order valence-corrected chi connectivity index (χ1v) is 7.70. The van der Waals surface area contributed by atoms with Gasteiger partial charge in [0.15, 0.2) is 0 Å². The predicted molar refractivity (Wildman–Crippen MR) is 95.3 cm³/mol. The van der Waals surface area contributed by atoms with Crippen LogP contribution in [0.2, 0.25) is 0 Å². The molecule has 0 amide bonds. The number of aliphatic imine (C=N–C) groups is 1. The fraction of sp³-hybridized carbons (Fsp3) is 0.385. The van der Waals surface area contributed by atoms with Gasteiger partial charge in [0.25, 0.3) is 0 Å². The first kappa shape index (κ1) is 17.8. The summed E-state index contributed by atoms with van der Waals surface area (Å²) in [7, 11) is 0. The SMILES string of the molecule is CSC(=N)c1c(N)nc(NC(C=NC(C)(C)C)=CN)nc1N. The summed E-state index contributed by atoms with van der Waals surface area (Å²) in [5.41, 5.74) is 17.9. The molecule has 0 spiro atoms. The molecule has 120 valence electrons. The molecule has 0 aliphatic heterocycles. The van der Waals surface area contributed by atoms with Crippen LogP contribution >= 0.6 is 11.8 Å². The minimum Gasteiger partial charge on any atom is -0.403 e. The minimum absolute atomic E-state index is 0.137. The van der Waals surface area contributed by atoms with Crippen LogP contribution in [0.3, 0.4) is 0 Å². The topological polar surface area (TPSA) is 152 Å². The van der Waals surface area contributed by atoms with Gasteiger partial charge in [0.05, 0.1) is 16.8 Å². The van der Waals surface area contributed by atoms with Crippen molar-refractivity contribution in [2.75, 3.05) is 23.0 Å². The number of nitrogens with zero attached hydrogens (tertiary/aromatic N) is 3. The monoisotopic (exact) mass is 322 g/mol. The molecule has 8 N–H and O–H groups in total. The summed E-state index contributed by atoms with van der Waals surface area (Å²) in [6.07, 6.45) is 4.70. The molecule has 22 heavy (non-hydrogen) atoms. The average Bonchev–Trinajstić information content (AvgIpc) is 2.41. The molecule has 1 rings (SSSR count). The van der Waals surface area contributed by atoms with Gasteiger partial charge in [0, 0.05) is 12.4 Å². The molecule has 8 nitrogen and oxygen atoms in total. The molecule has 0 saturated carbocycles. The maximum absolute atomic E-state index is 7.79. The molecular weight excluding hydrogens is 300 g/mol. The van der Waals surface area contributed by atoms with E-state index in [0.29, 0.717) is 11.3 Å². The van der Waals surface area contributed by atoms with E-state index in [1.54, 1.807) is 12.5 Å². The van der Waals surface area contributed by atoms with E-state index in [-0.39, 0.29) is 28.2 Å². The van der Waals surface area contributed by atoms with Gasteiger partial charge in [-0.25, -0.2) is 0 Å². The second-order valence-electron chi connectivity index (χ2n) is 5.40. The second kappa shape index (κ2) is 7.12. The van der Waals surface area contributed by atoms with Crippen molar-refractivity contribution in [3.63, 3.8) is 0 Å². The zero-order valence-corrected chi connectivity index (χ0v) is 14.0. The highest BCUT2D eigenvalue weighted by molar-refractivity contribution is 8.13. The molecule has 0 bridgehead atoms. The number of nitrogens with two attached hydrogens (primary N) is 3. The Labute approximate surface area is 134 Å². The summed E-state index contributed by atoms with van der Waals surface area (Å²) < 4.78 is 0. The lowest BCUT2D eigenvalue weighted by molar-refractivity contribution is 0.586. The molecule has 1 aromatic rings. The summed E-state index contributed by atoms with van der Waals surface area (Å²) in [5.74, 6) is 0.474. The number of hydrogen-bond acceptors (Lipinski definition) is 9. The van der Waals surface area contributed by atoms with E-state index in [4.69, 9.17) is 22.6 Å². The molecule has 1 aromatic heterocycles. The molecule has 0 fully saturated rings. The lowest BCUT2D eigenvalue weighted by atomic mass is 10.1. The Morgan fingerprint density at radius 2 is 1.82 bits per heavy atom. The van der Waals surface area contributed by atoms with Gasteiger partial charge >= 0.3 is 0 Å². The molecular formula is C13H22N8S. The molecule has 9 heteroatoms. The molecule has 0 aliphatic carbocycles. The van der Waals surface area contributed by atoms with Crippen LogP contribution in [0.4, 0.5) is 17.6 Å². The lowest BCUT2D eigenvalue weighted by Gasteiger charge is -2.13. The Kier molecular flexibility index (Phi) is 5.75. The summed E-state index contributed by atoms with van der Waals surface area (Å²) in [4.78, 5) is 12.5. The second-order valence-corrected chi connectivity index (χ2v) is 6.22. The van der Waals surface area contributed by atoms with E-state index in [0.717, 1.165) is 0 Å². The summed E-state index contributed by atoms with van der Waals surface area (Å²) in [5, 5.41) is 10.9. The van der Waals surface area contributed by atoms with Crippen molar-refractivity contribution in [1.82, 2.24) is 9.97 Å². The maximum atomic E-state index is 7.79. The van der Waals surface area contributed by atoms with Gasteiger partial charge in [-0.15, -0.1) is 11.8 Å². The Morgan fingerprint density at radius 3 is 2.23 bits per heavy atom. The van der Waals surface area contributed by atoms with E-state index >= 15 is 0 Å². The van der Waals surface area contributed by atoms with Crippen LogP contribution < -0.4 is 22.5 Å². The normalized spacial score (nSPS) is 12.6. The van der Waals surface area contributed by atoms with Crippen LogP contribution in [-0.4, -0.2) is 33.0 Å². The number of nitrogen functional groups attached to an aromatic ring is 2. The molecule has 0 atom stereocenters. The van der Waals surface area contributed by atoms with Crippen LogP contribution in [0.5, 0.6) is 0 Å². The maximum Gasteiger partial charge on any atom is 0.231 e. The smallest absolute Gasteiger partial charge is 0.231 e. The average molecular weight is 322 g/mol.